The SMILES string of the molecule is CCN(C(=O)CNc1cc(Cl)ccc1OC)c1ccccc1. The summed E-state index contributed by atoms with van der Waals surface area (Å²) in [5.74, 6) is 0.635. The summed E-state index contributed by atoms with van der Waals surface area (Å²) in [6.07, 6.45) is 0. The van der Waals surface area contributed by atoms with Crippen LogP contribution in [0.4, 0.5) is 11.4 Å². The standard InChI is InChI=1S/C17H19ClN2O2/c1-3-20(14-7-5-4-6-8-14)17(21)12-19-15-11-13(18)9-10-16(15)22-2/h4-11,19H,3,12H2,1-2H3. The average Bonchev–Trinajstić information content (AvgIpc) is 2.55. The molecule has 0 aliphatic rings. The highest BCUT2D eigenvalue weighted by Gasteiger charge is 2.14. The summed E-state index contributed by atoms with van der Waals surface area (Å²) >= 11 is 5.98. The molecule has 2 aromatic carbocycles. The van der Waals surface area contributed by atoms with Crippen LogP contribution in [0.15, 0.2) is 48.5 Å². The van der Waals surface area contributed by atoms with Crippen molar-refractivity contribution in [2.45, 2.75) is 6.92 Å². The summed E-state index contributed by atoms with van der Waals surface area (Å²) in [7, 11) is 1.58. The second kappa shape index (κ2) is 7.71. The molecule has 2 rings (SSSR count). The molecule has 0 aliphatic heterocycles. The van der Waals surface area contributed by atoms with Crippen molar-refractivity contribution in [1.82, 2.24) is 0 Å². The zero-order valence-corrected chi connectivity index (χ0v) is 13.4. The number of hydrogen-bond donors (Lipinski definition) is 1. The molecule has 0 aromatic heterocycles. The second-order valence-electron chi connectivity index (χ2n) is 4.67. The van der Waals surface area contributed by atoms with Gasteiger partial charge >= 0.3 is 0 Å². The lowest BCUT2D eigenvalue weighted by atomic mass is 10.2. The number of para-hydroxylation sites is 1. The fourth-order valence-electron chi connectivity index (χ4n) is 2.20. The van der Waals surface area contributed by atoms with Crippen LogP contribution in [0.25, 0.3) is 0 Å². The van der Waals surface area contributed by atoms with Crippen molar-refractivity contribution in [1.29, 1.82) is 0 Å². The Hall–Kier alpha value is -2.20. The highest BCUT2D eigenvalue weighted by atomic mass is 35.5. The Balaban J connectivity index is 2.07. The highest BCUT2D eigenvalue weighted by molar-refractivity contribution is 6.30. The Morgan fingerprint density at radius 3 is 2.59 bits per heavy atom. The van der Waals surface area contributed by atoms with E-state index in [0.29, 0.717) is 23.0 Å². The second-order valence-corrected chi connectivity index (χ2v) is 5.11. The smallest absolute Gasteiger partial charge is 0.246 e. The van der Waals surface area contributed by atoms with Crippen molar-refractivity contribution < 1.29 is 9.53 Å². The molecule has 22 heavy (non-hydrogen) atoms. The van der Waals surface area contributed by atoms with E-state index in [1.807, 2.05) is 37.3 Å². The molecule has 1 N–H and O–H groups in total. The molecule has 0 bridgehead atoms. The first-order valence-electron chi connectivity index (χ1n) is 7.08. The molecule has 0 aliphatic carbocycles. The molecule has 0 spiro atoms. The van der Waals surface area contributed by atoms with Gasteiger partial charge < -0.3 is 15.0 Å². The molecular formula is C17H19ClN2O2. The molecule has 0 heterocycles. The van der Waals surface area contributed by atoms with Gasteiger partial charge in [0.15, 0.2) is 0 Å². The van der Waals surface area contributed by atoms with Crippen LogP contribution < -0.4 is 15.0 Å². The van der Waals surface area contributed by atoms with Crippen molar-refractivity contribution in [2.75, 3.05) is 30.4 Å². The first-order valence-corrected chi connectivity index (χ1v) is 7.46. The van der Waals surface area contributed by atoms with Crippen LogP contribution >= 0.6 is 11.6 Å². The van der Waals surface area contributed by atoms with Crippen LogP contribution in [0.2, 0.25) is 5.02 Å². The summed E-state index contributed by atoms with van der Waals surface area (Å²) < 4.78 is 5.26. The van der Waals surface area contributed by atoms with E-state index in [2.05, 4.69) is 5.32 Å². The lowest BCUT2D eigenvalue weighted by molar-refractivity contribution is -0.116. The van der Waals surface area contributed by atoms with Crippen molar-refractivity contribution in [3.63, 3.8) is 0 Å². The van der Waals surface area contributed by atoms with E-state index in [4.69, 9.17) is 16.3 Å². The number of halogens is 1. The fraction of sp³-hybridized carbons (Fsp3) is 0.235. The van der Waals surface area contributed by atoms with Gasteiger partial charge in [-0.1, -0.05) is 29.8 Å². The summed E-state index contributed by atoms with van der Waals surface area (Å²) in [6.45, 7) is 2.72. The first-order chi connectivity index (χ1) is 10.7. The zero-order valence-electron chi connectivity index (χ0n) is 12.7. The van der Waals surface area contributed by atoms with Gasteiger partial charge in [-0.15, -0.1) is 0 Å². The number of nitrogens with one attached hydrogen (secondary N) is 1. The van der Waals surface area contributed by atoms with Crippen LogP contribution in [0.5, 0.6) is 5.75 Å². The Morgan fingerprint density at radius 1 is 1.23 bits per heavy atom. The molecule has 0 saturated carbocycles. The van der Waals surface area contributed by atoms with E-state index in [0.717, 1.165) is 5.69 Å². The largest absolute Gasteiger partial charge is 0.495 e. The van der Waals surface area contributed by atoms with Crippen molar-refractivity contribution in [3.8, 4) is 5.75 Å². The van der Waals surface area contributed by atoms with Crippen LogP contribution in [0.3, 0.4) is 0 Å². The predicted octanol–water partition coefficient (Wildman–Crippen LogP) is 3.81. The third kappa shape index (κ3) is 3.92. The summed E-state index contributed by atoms with van der Waals surface area (Å²) in [4.78, 5) is 14.1. The molecule has 0 fully saturated rings. The fourth-order valence-corrected chi connectivity index (χ4v) is 2.37. The number of amides is 1. The van der Waals surface area contributed by atoms with E-state index in [1.54, 1.807) is 30.2 Å². The average molecular weight is 319 g/mol. The number of rotatable bonds is 6. The van der Waals surface area contributed by atoms with E-state index >= 15 is 0 Å². The van der Waals surface area contributed by atoms with Gasteiger partial charge in [0.05, 0.1) is 19.3 Å². The predicted molar refractivity (Wildman–Crippen MR) is 91.0 cm³/mol. The van der Waals surface area contributed by atoms with Crippen LogP contribution in [-0.2, 0) is 4.79 Å². The Morgan fingerprint density at radius 2 is 1.95 bits per heavy atom. The van der Waals surface area contributed by atoms with Gasteiger partial charge in [-0.25, -0.2) is 0 Å². The minimum atomic E-state index is -0.0178. The monoisotopic (exact) mass is 318 g/mol. The van der Waals surface area contributed by atoms with Gasteiger partial charge in [0.2, 0.25) is 5.91 Å². The van der Waals surface area contributed by atoms with E-state index in [1.165, 1.54) is 0 Å². The minimum absolute atomic E-state index is 0.0178. The number of methoxy groups -OCH3 is 1. The van der Waals surface area contributed by atoms with Gasteiger partial charge in [0, 0.05) is 17.3 Å². The number of carbonyl (C=O) groups is 1. The molecule has 0 saturated heterocycles. The normalized spacial score (nSPS) is 10.1. The minimum Gasteiger partial charge on any atom is -0.495 e. The van der Waals surface area contributed by atoms with Crippen LogP contribution in [-0.4, -0.2) is 26.1 Å². The number of anilines is 2. The van der Waals surface area contributed by atoms with E-state index in [-0.39, 0.29) is 12.5 Å². The quantitative estimate of drug-likeness (QED) is 0.880. The third-order valence-corrected chi connectivity index (χ3v) is 3.51. The lowest BCUT2D eigenvalue weighted by Crippen LogP contribution is -2.35. The first kappa shape index (κ1) is 16.2. The molecule has 5 heteroatoms. The number of likely N-dealkylation sites (N-methyl/N-ethyl adjacent to an activating group) is 1. The molecule has 0 radical (unpaired) electrons. The highest BCUT2D eigenvalue weighted by Crippen LogP contribution is 2.27. The molecule has 116 valence electrons. The van der Waals surface area contributed by atoms with Crippen LogP contribution in [0, 0.1) is 0 Å². The third-order valence-electron chi connectivity index (χ3n) is 3.28. The van der Waals surface area contributed by atoms with Gasteiger partial charge in [-0.3, -0.25) is 4.79 Å². The van der Waals surface area contributed by atoms with Crippen molar-refractivity contribution >= 4 is 28.9 Å². The maximum atomic E-state index is 12.4. The maximum absolute atomic E-state index is 12.4. The summed E-state index contributed by atoms with van der Waals surface area (Å²) in [6, 6.07) is 14.9. The number of nitrogens with zero attached hydrogens (tertiary/aromatic N) is 1. The van der Waals surface area contributed by atoms with Gasteiger partial charge in [0.1, 0.15) is 5.75 Å². The lowest BCUT2D eigenvalue weighted by Gasteiger charge is -2.22. The zero-order chi connectivity index (χ0) is 15.9. The Bertz CT molecular complexity index is 632. The molecule has 0 unspecified atom stereocenters. The molecule has 0 atom stereocenters. The van der Waals surface area contributed by atoms with Crippen molar-refractivity contribution in [2.24, 2.45) is 0 Å². The van der Waals surface area contributed by atoms with Crippen molar-refractivity contribution in [3.05, 3.63) is 53.6 Å². The number of carbonyl (C=O) groups excluding carboxylic acids is 1. The van der Waals surface area contributed by atoms with E-state index < -0.39 is 0 Å². The Kier molecular flexibility index (Phi) is 5.67. The molecule has 4 nitrogen and oxygen atoms in total. The van der Waals surface area contributed by atoms with Gasteiger partial charge in [0.25, 0.3) is 0 Å². The molecular weight excluding hydrogens is 300 g/mol. The summed E-state index contributed by atoms with van der Waals surface area (Å²) in [5, 5.41) is 3.68. The number of ether oxygens (including phenoxy) is 1. The Labute approximate surface area is 135 Å². The molecule has 1 amide bonds. The van der Waals surface area contributed by atoms with Gasteiger partial charge in [-0.05, 0) is 37.3 Å². The number of hydrogen-bond acceptors (Lipinski definition) is 3. The van der Waals surface area contributed by atoms with Gasteiger partial charge in [-0.2, -0.15) is 0 Å². The summed E-state index contributed by atoms with van der Waals surface area (Å²) in [5.41, 5.74) is 1.59. The molecule has 2 aromatic rings. The maximum Gasteiger partial charge on any atom is 0.246 e. The number of benzene rings is 2. The van der Waals surface area contributed by atoms with E-state index in [9.17, 15) is 4.79 Å². The topological polar surface area (TPSA) is 41.6 Å². The van der Waals surface area contributed by atoms with Crippen LogP contribution in [0.1, 0.15) is 6.92 Å².